The Labute approximate surface area is 132 Å². The highest BCUT2D eigenvalue weighted by Crippen LogP contribution is 2.29. The van der Waals surface area contributed by atoms with Crippen molar-refractivity contribution in [1.82, 2.24) is 4.98 Å². The van der Waals surface area contributed by atoms with E-state index in [1.54, 1.807) is 0 Å². The highest BCUT2D eigenvalue weighted by molar-refractivity contribution is 5.45. The number of nitriles is 1. The Hall–Kier alpha value is -2.34. The standard InChI is InChI=1S/C19H21N3/c1-15-9-10-19(21-18(15)14-20)22-12-5-8-17(11-13-22)16-6-3-2-4-7-16/h2-4,6-7,9-10,17H,5,8,11-13H2,1H3. The van der Waals surface area contributed by atoms with Gasteiger partial charge in [0.25, 0.3) is 0 Å². The molecular formula is C19H21N3. The Bertz CT molecular complexity index is 673. The van der Waals surface area contributed by atoms with Crippen LogP contribution >= 0.6 is 0 Å². The lowest BCUT2D eigenvalue weighted by Gasteiger charge is -2.22. The van der Waals surface area contributed by atoms with Gasteiger partial charge in [-0.3, -0.25) is 0 Å². The van der Waals surface area contributed by atoms with Crippen molar-refractivity contribution in [3.63, 3.8) is 0 Å². The third-order valence-electron chi connectivity index (χ3n) is 4.51. The molecule has 1 aromatic carbocycles. The van der Waals surface area contributed by atoms with Gasteiger partial charge in [-0.25, -0.2) is 4.98 Å². The molecule has 3 nitrogen and oxygen atoms in total. The van der Waals surface area contributed by atoms with E-state index in [4.69, 9.17) is 5.26 Å². The molecule has 0 bridgehead atoms. The lowest BCUT2D eigenvalue weighted by Crippen LogP contribution is -2.25. The Morgan fingerprint density at radius 3 is 2.68 bits per heavy atom. The van der Waals surface area contributed by atoms with Crippen LogP contribution in [0.2, 0.25) is 0 Å². The molecule has 0 N–H and O–H groups in total. The Morgan fingerprint density at radius 2 is 1.91 bits per heavy atom. The van der Waals surface area contributed by atoms with Gasteiger partial charge in [-0.2, -0.15) is 5.26 Å². The SMILES string of the molecule is Cc1ccc(N2CCCC(c3ccccc3)CC2)nc1C#N. The van der Waals surface area contributed by atoms with E-state index in [-0.39, 0.29) is 0 Å². The minimum Gasteiger partial charge on any atom is -0.357 e. The predicted molar refractivity (Wildman–Crippen MR) is 88.9 cm³/mol. The molecule has 0 aliphatic carbocycles. The summed E-state index contributed by atoms with van der Waals surface area (Å²) in [6, 6.07) is 17.0. The first-order chi connectivity index (χ1) is 10.8. The summed E-state index contributed by atoms with van der Waals surface area (Å²) in [6.07, 6.45) is 3.52. The second-order valence-corrected chi connectivity index (χ2v) is 5.97. The number of benzene rings is 1. The number of hydrogen-bond acceptors (Lipinski definition) is 3. The van der Waals surface area contributed by atoms with Gasteiger partial charge in [0.15, 0.2) is 0 Å². The van der Waals surface area contributed by atoms with Gasteiger partial charge in [0.05, 0.1) is 0 Å². The van der Waals surface area contributed by atoms with E-state index in [1.165, 1.54) is 12.0 Å². The summed E-state index contributed by atoms with van der Waals surface area (Å²) in [6.45, 7) is 3.95. The average molecular weight is 291 g/mol. The molecule has 1 unspecified atom stereocenters. The second kappa shape index (κ2) is 6.62. The van der Waals surface area contributed by atoms with Crippen LogP contribution in [0.4, 0.5) is 5.82 Å². The molecule has 1 aromatic heterocycles. The molecule has 3 heteroatoms. The molecule has 1 aliphatic heterocycles. The zero-order valence-corrected chi connectivity index (χ0v) is 13.0. The van der Waals surface area contributed by atoms with Crippen LogP contribution in [-0.4, -0.2) is 18.1 Å². The van der Waals surface area contributed by atoms with Gasteiger partial charge < -0.3 is 4.90 Å². The number of rotatable bonds is 2. The minimum atomic E-state index is 0.543. The number of nitrogens with zero attached hydrogens (tertiary/aromatic N) is 3. The molecule has 3 rings (SSSR count). The van der Waals surface area contributed by atoms with E-state index >= 15 is 0 Å². The first-order valence-corrected chi connectivity index (χ1v) is 7.95. The highest BCUT2D eigenvalue weighted by Gasteiger charge is 2.19. The van der Waals surface area contributed by atoms with Crippen LogP contribution in [0.25, 0.3) is 0 Å². The normalized spacial score (nSPS) is 18.5. The van der Waals surface area contributed by atoms with Crippen LogP contribution in [0, 0.1) is 18.3 Å². The minimum absolute atomic E-state index is 0.543. The molecule has 112 valence electrons. The van der Waals surface area contributed by atoms with Crippen molar-refractivity contribution in [2.45, 2.75) is 32.1 Å². The third kappa shape index (κ3) is 3.12. The second-order valence-electron chi connectivity index (χ2n) is 5.97. The maximum Gasteiger partial charge on any atom is 0.145 e. The lowest BCUT2D eigenvalue weighted by atomic mass is 9.92. The summed E-state index contributed by atoms with van der Waals surface area (Å²) in [5.74, 6) is 1.57. The summed E-state index contributed by atoms with van der Waals surface area (Å²) in [4.78, 5) is 6.84. The zero-order chi connectivity index (χ0) is 15.4. The number of hydrogen-bond donors (Lipinski definition) is 0. The van der Waals surface area contributed by atoms with Crippen molar-refractivity contribution in [3.8, 4) is 6.07 Å². The van der Waals surface area contributed by atoms with E-state index < -0.39 is 0 Å². The summed E-state index contributed by atoms with van der Waals surface area (Å²) < 4.78 is 0. The zero-order valence-electron chi connectivity index (χ0n) is 13.0. The van der Waals surface area contributed by atoms with Crippen molar-refractivity contribution < 1.29 is 0 Å². The van der Waals surface area contributed by atoms with Crippen LogP contribution in [0.3, 0.4) is 0 Å². The van der Waals surface area contributed by atoms with Crippen molar-refractivity contribution in [3.05, 3.63) is 59.3 Å². The fourth-order valence-electron chi connectivity index (χ4n) is 3.19. The van der Waals surface area contributed by atoms with Crippen molar-refractivity contribution in [2.24, 2.45) is 0 Å². The van der Waals surface area contributed by atoms with Gasteiger partial charge in [-0.15, -0.1) is 0 Å². The summed E-state index contributed by atoms with van der Waals surface area (Å²) in [5, 5.41) is 9.16. The predicted octanol–water partition coefficient (Wildman–Crippen LogP) is 4.04. The molecule has 1 saturated heterocycles. The van der Waals surface area contributed by atoms with Crippen LogP contribution in [-0.2, 0) is 0 Å². The first-order valence-electron chi connectivity index (χ1n) is 7.95. The molecule has 22 heavy (non-hydrogen) atoms. The molecule has 2 aromatic rings. The van der Waals surface area contributed by atoms with E-state index in [2.05, 4.69) is 46.3 Å². The molecule has 0 spiro atoms. The Kier molecular flexibility index (Phi) is 4.39. The number of aromatic nitrogens is 1. The van der Waals surface area contributed by atoms with Gasteiger partial charge >= 0.3 is 0 Å². The van der Waals surface area contributed by atoms with Gasteiger partial charge in [0.2, 0.25) is 0 Å². The molecule has 0 saturated carbocycles. The van der Waals surface area contributed by atoms with E-state index in [0.29, 0.717) is 11.6 Å². The molecule has 1 atom stereocenters. The molecule has 0 amide bonds. The van der Waals surface area contributed by atoms with E-state index in [9.17, 15) is 0 Å². The van der Waals surface area contributed by atoms with Gasteiger partial charge in [0.1, 0.15) is 17.6 Å². The molecule has 1 aliphatic rings. The Morgan fingerprint density at radius 1 is 1.09 bits per heavy atom. The summed E-state index contributed by atoms with van der Waals surface area (Å²) >= 11 is 0. The summed E-state index contributed by atoms with van der Waals surface area (Å²) in [7, 11) is 0. The molecular weight excluding hydrogens is 270 g/mol. The topological polar surface area (TPSA) is 39.9 Å². The smallest absolute Gasteiger partial charge is 0.145 e. The highest BCUT2D eigenvalue weighted by atomic mass is 15.2. The first kappa shape index (κ1) is 14.6. The lowest BCUT2D eigenvalue weighted by molar-refractivity contribution is 0.612. The van der Waals surface area contributed by atoms with Gasteiger partial charge in [-0.05, 0) is 49.3 Å². The average Bonchev–Trinajstić information content (AvgIpc) is 2.82. The van der Waals surface area contributed by atoms with Crippen molar-refractivity contribution >= 4 is 5.82 Å². The van der Waals surface area contributed by atoms with Gasteiger partial charge in [-0.1, -0.05) is 36.4 Å². The number of aryl methyl sites for hydroxylation is 1. The maximum absolute atomic E-state index is 9.16. The van der Waals surface area contributed by atoms with Crippen molar-refractivity contribution in [2.75, 3.05) is 18.0 Å². The number of pyridine rings is 1. The monoisotopic (exact) mass is 291 g/mol. The van der Waals surface area contributed by atoms with Crippen LogP contribution in [0.5, 0.6) is 0 Å². The fourth-order valence-corrected chi connectivity index (χ4v) is 3.19. The van der Waals surface area contributed by atoms with Crippen molar-refractivity contribution in [1.29, 1.82) is 5.26 Å². The quantitative estimate of drug-likeness (QED) is 0.838. The van der Waals surface area contributed by atoms with Gasteiger partial charge in [0, 0.05) is 13.1 Å². The number of anilines is 1. The van der Waals surface area contributed by atoms with Crippen LogP contribution in [0.1, 0.15) is 42.0 Å². The van der Waals surface area contributed by atoms with Crippen LogP contribution in [0.15, 0.2) is 42.5 Å². The molecule has 1 fully saturated rings. The fraction of sp³-hybridized carbons (Fsp3) is 0.368. The summed E-state index contributed by atoms with van der Waals surface area (Å²) in [5.41, 5.74) is 2.93. The molecule has 0 radical (unpaired) electrons. The Balaban J connectivity index is 1.74. The largest absolute Gasteiger partial charge is 0.357 e. The van der Waals surface area contributed by atoms with E-state index in [0.717, 1.165) is 37.3 Å². The van der Waals surface area contributed by atoms with Crippen LogP contribution < -0.4 is 4.90 Å². The maximum atomic E-state index is 9.16. The third-order valence-corrected chi connectivity index (χ3v) is 4.51. The molecule has 2 heterocycles. The van der Waals surface area contributed by atoms with E-state index in [1.807, 2.05) is 19.1 Å².